The predicted molar refractivity (Wildman–Crippen MR) is 80.3 cm³/mol. The summed E-state index contributed by atoms with van der Waals surface area (Å²) in [5.41, 5.74) is 0.793. The van der Waals surface area contributed by atoms with Gasteiger partial charge in [0, 0.05) is 39.1 Å². The van der Waals surface area contributed by atoms with Crippen molar-refractivity contribution < 1.29 is 13.6 Å². The number of likely N-dealkylation sites (tertiary alicyclic amines) is 1. The van der Waals surface area contributed by atoms with E-state index >= 15 is 0 Å². The second-order valence-corrected chi connectivity index (χ2v) is 6.76. The zero-order valence-corrected chi connectivity index (χ0v) is 13.3. The van der Waals surface area contributed by atoms with Crippen molar-refractivity contribution in [3.63, 3.8) is 0 Å². The Bertz CT molecular complexity index is 535. The number of rotatable bonds is 3. The molecule has 6 heteroatoms. The molecule has 3 rings (SSSR count). The summed E-state index contributed by atoms with van der Waals surface area (Å²) in [5, 5.41) is 0. The van der Waals surface area contributed by atoms with Gasteiger partial charge in [0.1, 0.15) is 12.4 Å². The van der Waals surface area contributed by atoms with E-state index in [4.69, 9.17) is 4.42 Å². The quantitative estimate of drug-likeness (QED) is 0.858. The molecule has 0 saturated carbocycles. The van der Waals surface area contributed by atoms with E-state index in [1.165, 1.54) is 0 Å². The highest BCUT2D eigenvalue weighted by molar-refractivity contribution is 5.89. The molecule has 1 amide bonds. The summed E-state index contributed by atoms with van der Waals surface area (Å²) in [7, 11) is 0. The Balaban J connectivity index is 1.72. The molecule has 1 aromatic heterocycles. The van der Waals surface area contributed by atoms with Crippen LogP contribution in [-0.4, -0.2) is 53.5 Å². The topological polar surface area (TPSA) is 49.6 Å². The van der Waals surface area contributed by atoms with E-state index in [1.807, 2.05) is 9.80 Å². The number of fused-ring (bicyclic) bond motifs is 1. The van der Waals surface area contributed by atoms with Crippen molar-refractivity contribution in [3.05, 3.63) is 17.3 Å². The Hall–Kier alpha value is -1.43. The molecule has 1 saturated heterocycles. The van der Waals surface area contributed by atoms with Gasteiger partial charge >= 0.3 is 5.91 Å². The molecule has 2 aliphatic rings. The van der Waals surface area contributed by atoms with E-state index < -0.39 is 0 Å². The zero-order chi connectivity index (χ0) is 15.7. The lowest BCUT2D eigenvalue weighted by Gasteiger charge is -2.34. The van der Waals surface area contributed by atoms with Crippen molar-refractivity contribution in [2.75, 3.05) is 32.9 Å². The number of carbonyl (C=O) groups is 1. The molecule has 5 nitrogen and oxygen atoms in total. The second kappa shape index (κ2) is 6.36. The van der Waals surface area contributed by atoms with Crippen LogP contribution in [0.5, 0.6) is 0 Å². The van der Waals surface area contributed by atoms with E-state index in [2.05, 4.69) is 18.8 Å². The number of alkyl halides is 1. The van der Waals surface area contributed by atoms with Gasteiger partial charge in [-0.2, -0.15) is 0 Å². The van der Waals surface area contributed by atoms with E-state index in [0.717, 1.165) is 37.5 Å². The van der Waals surface area contributed by atoms with Crippen LogP contribution < -0.4 is 0 Å². The first kappa shape index (κ1) is 15.5. The number of carbonyl (C=O) groups excluding carboxylic acids is 1. The van der Waals surface area contributed by atoms with Crippen LogP contribution in [0.3, 0.4) is 0 Å². The minimum Gasteiger partial charge on any atom is -0.437 e. The summed E-state index contributed by atoms with van der Waals surface area (Å²) in [4.78, 5) is 20.9. The molecule has 0 spiro atoms. The molecule has 22 heavy (non-hydrogen) atoms. The maximum Gasteiger partial charge on any atom is 0.309 e. The molecule has 0 radical (unpaired) electrons. The average Bonchev–Trinajstić information content (AvgIpc) is 2.89. The molecule has 0 bridgehead atoms. The number of amides is 1. The molecule has 2 atom stereocenters. The van der Waals surface area contributed by atoms with Gasteiger partial charge in [-0.15, -0.1) is 0 Å². The lowest BCUT2D eigenvalue weighted by molar-refractivity contribution is 0.0581. The van der Waals surface area contributed by atoms with E-state index in [-0.39, 0.29) is 18.5 Å². The minimum atomic E-state index is -0.359. The molecular formula is C16H24FN3O2. The summed E-state index contributed by atoms with van der Waals surface area (Å²) in [6.07, 6.45) is 1.85. The van der Waals surface area contributed by atoms with Crippen LogP contribution in [0, 0.1) is 11.8 Å². The molecular weight excluding hydrogens is 285 g/mol. The SMILES string of the molecule is C[C@H]1C[C@H](C)CN(C(=O)c2nc3c(o2)CCN(CCF)C3)C1. The maximum atomic E-state index is 12.6. The normalized spacial score (nSPS) is 26.0. The first-order valence-corrected chi connectivity index (χ1v) is 8.13. The van der Waals surface area contributed by atoms with Crippen molar-refractivity contribution in [1.82, 2.24) is 14.8 Å². The molecule has 1 aromatic rings. The number of hydrogen-bond acceptors (Lipinski definition) is 4. The van der Waals surface area contributed by atoms with Gasteiger partial charge in [-0.1, -0.05) is 13.8 Å². The Labute approximate surface area is 130 Å². The van der Waals surface area contributed by atoms with Gasteiger partial charge in [0.2, 0.25) is 0 Å². The highest BCUT2D eigenvalue weighted by Gasteiger charge is 2.31. The van der Waals surface area contributed by atoms with Crippen LogP contribution in [0.2, 0.25) is 0 Å². The third kappa shape index (κ3) is 3.16. The molecule has 0 N–H and O–H groups in total. The van der Waals surface area contributed by atoms with Crippen molar-refractivity contribution in [2.24, 2.45) is 11.8 Å². The molecule has 2 aliphatic heterocycles. The maximum absolute atomic E-state index is 12.6. The first-order valence-electron chi connectivity index (χ1n) is 8.13. The monoisotopic (exact) mass is 309 g/mol. The van der Waals surface area contributed by atoms with Crippen LogP contribution >= 0.6 is 0 Å². The average molecular weight is 309 g/mol. The van der Waals surface area contributed by atoms with Crippen molar-refractivity contribution in [3.8, 4) is 0 Å². The number of nitrogens with zero attached hydrogens (tertiary/aromatic N) is 3. The van der Waals surface area contributed by atoms with Crippen LogP contribution in [0.1, 0.15) is 42.4 Å². The highest BCUT2D eigenvalue weighted by atomic mass is 19.1. The molecule has 0 aliphatic carbocycles. The smallest absolute Gasteiger partial charge is 0.309 e. The zero-order valence-electron chi connectivity index (χ0n) is 13.3. The van der Waals surface area contributed by atoms with Crippen molar-refractivity contribution >= 4 is 5.91 Å². The molecule has 122 valence electrons. The van der Waals surface area contributed by atoms with Crippen LogP contribution in [-0.2, 0) is 13.0 Å². The summed E-state index contributed by atoms with van der Waals surface area (Å²) >= 11 is 0. The fraction of sp³-hybridized carbons (Fsp3) is 0.750. The van der Waals surface area contributed by atoms with E-state index in [9.17, 15) is 9.18 Å². The Morgan fingerprint density at radius 3 is 2.77 bits per heavy atom. The van der Waals surface area contributed by atoms with E-state index in [1.54, 1.807) is 0 Å². The number of halogens is 1. The summed E-state index contributed by atoms with van der Waals surface area (Å²) in [6.45, 7) is 7.27. The lowest BCUT2D eigenvalue weighted by Crippen LogP contribution is -2.42. The third-order valence-electron chi connectivity index (χ3n) is 4.55. The fourth-order valence-corrected chi connectivity index (χ4v) is 3.62. The predicted octanol–water partition coefficient (Wildman–Crippen LogP) is 2.12. The third-order valence-corrected chi connectivity index (χ3v) is 4.55. The number of aromatic nitrogens is 1. The molecule has 1 fully saturated rings. The Morgan fingerprint density at radius 1 is 1.36 bits per heavy atom. The van der Waals surface area contributed by atoms with Gasteiger partial charge in [0.05, 0.1) is 5.69 Å². The van der Waals surface area contributed by atoms with Crippen LogP contribution in [0.25, 0.3) is 0 Å². The fourth-order valence-electron chi connectivity index (χ4n) is 3.62. The Morgan fingerprint density at radius 2 is 2.09 bits per heavy atom. The number of piperidine rings is 1. The number of hydrogen-bond donors (Lipinski definition) is 0. The summed E-state index contributed by atoms with van der Waals surface area (Å²) in [6, 6.07) is 0. The minimum absolute atomic E-state index is 0.107. The lowest BCUT2D eigenvalue weighted by atomic mass is 9.92. The van der Waals surface area contributed by atoms with Gasteiger partial charge in [0.15, 0.2) is 0 Å². The molecule has 0 aromatic carbocycles. The molecule has 3 heterocycles. The molecule has 0 unspecified atom stereocenters. The van der Waals surface area contributed by atoms with Gasteiger partial charge in [-0.3, -0.25) is 9.69 Å². The highest BCUT2D eigenvalue weighted by Crippen LogP contribution is 2.24. The van der Waals surface area contributed by atoms with E-state index in [0.29, 0.717) is 31.3 Å². The first-order chi connectivity index (χ1) is 10.6. The standard InChI is InChI=1S/C16H24FN3O2/c1-11-7-12(2)9-20(8-11)16(21)15-18-13-10-19(6-4-17)5-3-14(13)22-15/h11-12H,3-10H2,1-2H3/t11-,12-/m0/s1. The van der Waals surface area contributed by atoms with Crippen LogP contribution in [0.4, 0.5) is 4.39 Å². The van der Waals surface area contributed by atoms with Gasteiger partial charge in [-0.25, -0.2) is 9.37 Å². The van der Waals surface area contributed by atoms with Gasteiger partial charge in [-0.05, 0) is 18.3 Å². The summed E-state index contributed by atoms with van der Waals surface area (Å²) < 4.78 is 18.2. The van der Waals surface area contributed by atoms with Gasteiger partial charge in [0.25, 0.3) is 5.89 Å². The van der Waals surface area contributed by atoms with Crippen molar-refractivity contribution in [1.29, 1.82) is 0 Å². The largest absolute Gasteiger partial charge is 0.437 e. The second-order valence-electron chi connectivity index (χ2n) is 6.76. The van der Waals surface area contributed by atoms with Crippen molar-refractivity contribution in [2.45, 2.75) is 33.2 Å². The Kier molecular flexibility index (Phi) is 4.47. The summed E-state index contributed by atoms with van der Waals surface area (Å²) in [5.74, 6) is 1.91. The number of oxazole rings is 1. The van der Waals surface area contributed by atoms with Gasteiger partial charge < -0.3 is 9.32 Å². The van der Waals surface area contributed by atoms with Crippen LogP contribution in [0.15, 0.2) is 4.42 Å².